The average Bonchev–Trinajstić information content (AvgIpc) is 3.23. The summed E-state index contributed by atoms with van der Waals surface area (Å²) in [6.07, 6.45) is -2.23. The molecule has 0 radical (unpaired) electrons. The molecule has 1 aromatic heterocycles. The molecule has 1 atom stereocenters. The zero-order chi connectivity index (χ0) is 35.6. The average molecular weight is 708 g/mol. The van der Waals surface area contributed by atoms with Crippen molar-refractivity contribution in [3.05, 3.63) is 85.4 Å². The number of carbonyl (C=O) groups excluding carboxylic acids is 3. The summed E-state index contributed by atoms with van der Waals surface area (Å²) in [4.78, 5) is 68.6. The lowest BCUT2D eigenvalue weighted by atomic mass is 10.0. The fraction of sp³-hybridized carbons (Fsp3) is 0.424. The smallest absolute Gasteiger partial charge is 0.471 e. The Morgan fingerprint density at radius 3 is 2.43 bits per heavy atom. The second-order valence-corrected chi connectivity index (χ2v) is 12.4. The van der Waals surface area contributed by atoms with Crippen molar-refractivity contribution in [1.82, 2.24) is 24.3 Å². The maximum Gasteiger partial charge on any atom is 0.471 e. The SMILES string of the molecule is COc1ccc2c(c1)CCN(C1CCN(C(=O)Cn3cc(-c4cccc(F)c4Cl)c(=O)n([C@H](C)CNC(=O)C(F)(F)F)c3=O)CC1)C(=O)C2. The first-order valence-electron chi connectivity index (χ1n) is 15.6. The number of aromatic nitrogens is 2. The Kier molecular flexibility index (Phi) is 10.5. The van der Waals surface area contributed by atoms with Crippen LogP contribution in [0.4, 0.5) is 17.6 Å². The highest BCUT2D eigenvalue weighted by molar-refractivity contribution is 6.33. The molecular formula is C33H34ClF4N5O6. The highest BCUT2D eigenvalue weighted by Gasteiger charge is 2.39. The molecule has 3 amide bonds. The van der Waals surface area contributed by atoms with Gasteiger partial charge in [-0.3, -0.25) is 28.3 Å². The van der Waals surface area contributed by atoms with E-state index in [9.17, 15) is 41.5 Å². The molecule has 0 unspecified atom stereocenters. The number of likely N-dealkylation sites (tertiary alicyclic amines) is 1. The molecule has 3 heterocycles. The molecule has 0 saturated carbocycles. The maximum absolute atomic E-state index is 14.4. The fourth-order valence-electron chi connectivity index (χ4n) is 6.28. The van der Waals surface area contributed by atoms with Crippen molar-refractivity contribution in [2.75, 3.05) is 33.3 Å². The highest BCUT2D eigenvalue weighted by atomic mass is 35.5. The first kappa shape index (κ1) is 35.6. The second-order valence-electron chi connectivity index (χ2n) is 12.0. The standard InChI is InChI=1S/C33H34ClF4N5O6/c1-19(16-39-31(47)33(36,37)38)43-30(46)25(24-4-3-5-26(35)29(24)34)17-41(32(43)48)18-28(45)40-11-9-22(10-12-40)42-13-8-21-14-23(49-2)7-6-20(21)15-27(42)44/h3-7,14,17,19,22H,8-13,15-16,18H2,1-2H3,(H,39,47)/t19-/m1/s1. The summed E-state index contributed by atoms with van der Waals surface area (Å²) >= 11 is 6.14. The van der Waals surface area contributed by atoms with Crippen LogP contribution < -0.4 is 21.3 Å². The zero-order valence-corrected chi connectivity index (χ0v) is 27.4. The van der Waals surface area contributed by atoms with Crippen LogP contribution in [0.3, 0.4) is 0 Å². The topological polar surface area (TPSA) is 123 Å². The van der Waals surface area contributed by atoms with Crippen molar-refractivity contribution in [2.45, 2.75) is 57.4 Å². The summed E-state index contributed by atoms with van der Waals surface area (Å²) in [5, 5.41) is 1.21. The van der Waals surface area contributed by atoms with Crippen LogP contribution >= 0.6 is 11.6 Å². The van der Waals surface area contributed by atoms with Crippen LogP contribution in [0.25, 0.3) is 11.1 Å². The lowest BCUT2D eigenvalue weighted by Gasteiger charge is -2.38. The highest BCUT2D eigenvalue weighted by Crippen LogP contribution is 2.29. The molecule has 3 aromatic rings. The van der Waals surface area contributed by atoms with Crippen LogP contribution in [0.15, 0.2) is 52.2 Å². The van der Waals surface area contributed by atoms with Crippen LogP contribution in [0.2, 0.25) is 5.02 Å². The number of ether oxygens (including phenoxy) is 1. The lowest BCUT2D eigenvalue weighted by Crippen LogP contribution is -2.51. The number of nitrogens with one attached hydrogen (secondary N) is 1. The Morgan fingerprint density at radius 1 is 1.04 bits per heavy atom. The van der Waals surface area contributed by atoms with Gasteiger partial charge in [0.2, 0.25) is 11.8 Å². The number of piperidine rings is 1. The van der Waals surface area contributed by atoms with Gasteiger partial charge in [-0.15, -0.1) is 0 Å². The van der Waals surface area contributed by atoms with E-state index in [0.717, 1.165) is 33.7 Å². The molecule has 16 heteroatoms. The van der Waals surface area contributed by atoms with Crippen molar-refractivity contribution in [1.29, 1.82) is 0 Å². The Morgan fingerprint density at radius 2 is 1.76 bits per heavy atom. The van der Waals surface area contributed by atoms with Crippen molar-refractivity contribution in [3.63, 3.8) is 0 Å². The van der Waals surface area contributed by atoms with Crippen LogP contribution in [0, 0.1) is 5.82 Å². The van der Waals surface area contributed by atoms with E-state index in [-0.39, 0.29) is 42.6 Å². The first-order valence-corrected chi connectivity index (χ1v) is 16.0. The quantitative estimate of drug-likeness (QED) is 0.359. The van der Waals surface area contributed by atoms with Crippen LogP contribution in [0.5, 0.6) is 5.75 Å². The molecule has 49 heavy (non-hydrogen) atoms. The number of halogens is 5. The Bertz CT molecular complexity index is 1890. The van der Waals surface area contributed by atoms with E-state index in [0.29, 0.717) is 30.4 Å². The van der Waals surface area contributed by atoms with Crippen molar-refractivity contribution in [3.8, 4) is 16.9 Å². The normalized spacial score (nSPS) is 16.2. The van der Waals surface area contributed by atoms with Gasteiger partial charge in [0.15, 0.2) is 0 Å². The van der Waals surface area contributed by atoms with E-state index in [2.05, 4.69) is 0 Å². The van der Waals surface area contributed by atoms with E-state index in [1.807, 2.05) is 23.1 Å². The van der Waals surface area contributed by atoms with Crippen LogP contribution in [-0.2, 0) is 33.8 Å². The Hall–Kier alpha value is -4.66. The monoisotopic (exact) mass is 707 g/mol. The van der Waals surface area contributed by atoms with Gasteiger partial charge in [-0.25, -0.2) is 9.18 Å². The number of hydrogen-bond donors (Lipinski definition) is 1. The molecule has 0 spiro atoms. The number of hydrogen-bond acceptors (Lipinski definition) is 6. The van der Waals surface area contributed by atoms with Gasteiger partial charge in [0.25, 0.3) is 5.56 Å². The Labute approximate surface area is 283 Å². The van der Waals surface area contributed by atoms with Gasteiger partial charge in [0.1, 0.15) is 18.1 Å². The maximum atomic E-state index is 14.4. The number of amides is 3. The Balaban J connectivity index is 1.34. The molecule has 1 N–H and O–H groups in total. The lowest BCUT2D eigenvalue weighted by molar-refractivity contribution is -0.173. The summed E-state index contributed by atoms with van der Waals surface area (Å²) in [6, 6.07) is 7.91. The molecule has 1 fully saturated rings. The third-order valence-corrected chi connectivity index (χ3v) is 9.33. The van der Waals surface area contributed by atoms with Gasteiger partial charge in [-0.1, -0.05) is 29.8 Å². The predicted molar refractivity (Wildman–Crippen MR) is 171 cm³/mol. The van der Waals surface area contributed by atoms with Gasteiger partial charge >= 0.3 is 17.8 Å². The van der Waals surface area contributed by atoms with Gasteiger partial charge in [-0.2, -0.15) is 13.2 Å². The minimum absolute atomic E-state index is 0.00779. The molecular weight excluding hydrogens is 674 g/mol. The second kappa shape index (κ2) is 14.4. The van der Waals surface area contributed by atoms with E-state index < -0.39 is 59.2 Å². The number of benzene rings is 2. The van der Waals surface area contributed by atoms with Crippen molar-refractivity contribution >= 4 is 29.3 Å². The number of alkyl halides is 3. The van der Waals surface area contributed by atoms with Gasteiger partial charge < -0.3 is 19.9 Å². The molecule has 5 rings (SSSR count). The molecule has 11 nitrogen and oxygen atoms in total. The summed E-state index contributed by atoms with van der Waals surface area (Å²) in [7, 11) is 1.58. The van der Waals surface area contributed by atoms with Gasteiger partial charge in [-0.05, 0) is 55.5 Å². The molecule has 1 saturated heterocycles. The van der Waals surface area contributed by atoms with Gasteiger partial charge in [0.05, 0.1) is 30.2 Å². The summed E-state index contributed by atoms with van der Waals surface area (Å²) < 4.78 is 59.6. The van der Waals surface area contributed by atoms with Crippen molar-refractivity contribution < 1.29 is 36.7 Å². The third kappa shape index (κ3) is 7.66. The molecule has 0 aliphatic carbocycles. The summed E-state index contributed by atoms with van der Waals surface area (Å²) in [6.45, 7) is 1.03. The number of carbonyl (C=O) groups is 3. The molecule has 0 bridgehead atoms. The fourth-order valence-corrected chi connectivity index (χ4v) is 6.50. The number of fused-ring (bicyclic) bond motifs is 1. The molecule has 262 valence electrons. The summed E-state index contributed by atoms with van der Waals surface area (Å²) in [5.41, 5.74) is -0.406. The molecule has 2 aromatic carbocycles. The van der Waals surface area contributed by atoms with E-state index >= 15 is 0 Å². The number of rotatable bonds is 8. The van der Waals surface area contributed by atoms with Crippen LogP contribution in [0.1, 0.15) is 36.9 Å². The minimum Gasteiger partial charge on any atom is -0.497 e. The molecule has 2 aliphatic heterocycles. The zero-order valence-electron chi connectivity index (χ0n) is 26.7. The largest absolute Gasteiger partial charge is 0.497 e. The van der Waals surface area contributed by atoms with E-state index in [1.165, 1.54) is 24.0 Å². The first-order chi connectivity index (χ1) is 23.2. The van der Waals surface area contributed by atoms with E-state index in [4.69, 9.17) is 16.3 Å². The minimum atomic E-state index is -5.19. The molecule has 2 aliphatic rings. The van der Waals surface area contributed by atoms with Crippen molar-refractivity contribution in [2.24, 2.45) is 0 Å². The van der Waals surface area contributed by atoms with Gasteiger partial charge in [0, 0.05) is 44.0 Å². The number of nitrogens with zero attached hydrogens (tertiary/aromatic N) is 4. The predicted octanol–water partition coefficient (Wildman–Crippen LogP) is 3.34. The number of methoxy groups -OCH3 is 1. The third-order valence-electron chi connectivity index (χ3n) is 8.95. The van der Waals surface area contributed by atoms with Crippen LogP contribution in [-0.4, -0.2) is 82.2 Å². The van der Waals surface area contributed by atoms with E-state index in [1.54, 1.807) is 12.4 Å². The summed E-state index contributed by atoms with van der Waals surface area (Å²) in [5.74, 6) is -2.90.